The molecule has 6 nitrogen and oxygen atoms in total. The van der Waals surface area contributed by atoms with Crippen molar-refractivity contribution in [2.24, 2.45) is 11.7 Å². The maximum absolute atomic E-state index is 12.9. The normalized spacial score (nSPS) is 20.0. The highest BCUT2D eigenvalue weighted by molar-refractivity contribution is 5.79. The number of benzene rings is 1. The largest absolute Gasteiger partial charge is 0.373 e. The van der Waals surface area contributed by atoms with Crippen LogP contribution in [0.5, 0.6) is 0 Å². The molecule has 2 N–H and O–H groups in total. The highest BCUT2D eigenvalue weighted by atomic mass is 16.5. The van der Waals surface area contributed by atoms with Crippen molar-refractivity contribution in [3.05, 3.63) is 53.3 Å². The summed E-state index contributed by atoms with van der Waals surface area (Å²) in [5.74, 6) is -0.187. The van der Waals surface area contributed by atoms with Gasteiger partial charge in [0.05, 0.1) is 30.9 Å². The van der Waals surface area contributed by atoms with Crippen LogP contribution in [0.15, 0.2) is 36.4 Å². The maximum atomic E-state index is 12.9. The zero-order valence-electron chi connectivity index (χ0n) is 15.8. The third-order valence-corrected chi connectivity index (χ3v) is 5.04. The molecule has 1 saturated heterocycles. The van der Waals surface area contributed by atoms with E-state index in [0.29, 0.717) is 26.2 Å². The predicted molar refractivity (Wildman–Crippen MR) is 101 cm³/mol. The third kappa shape index (κ3) is 4.14. The van der Waals surface area contributed by atoms with Gasteiger partial charge in [0, 0.05) is 24.8 Å². The number of rotatable bonds is 5. The Morgan fingerprint density at radius 1 is 1.35 bits per heavy atom. The first-order chi connectivity index (χ1) is 12.5. The Morgan fingerprint density at radius 3 is 2.73 bits per heavy atom. The van der Waals surface area contributed by atoms with E-state index in [1.54, 1.807) is 0 Å². The Labute approximate surface area is 154 Å². The minimum Gasteiger partial charge on any atom is -0.373 e. The predicted octanol–water partition coefficient (Wildman–Crippen LogP) is 2.06. The number of carbonyl (C=O) groups is 1. The summed E-state index contributed by atoms with van der Waals surface area (Å²) in [6, 6.07) is 11.5. The van der Waals surface area contributed by atoms with Crippen LogP contribution in [-0.2, 0) is 16.1 Å². The molecule has 3 rings (SSSR count). The number of amides is 1. The van der Waals surface area contributed by atoms with Gasteiger partial charge in [-0.05, 0) is 25.5 Å². The fraction of sp³-hybridized carbons (Fsp3) is 0.500. The van der Waals surface area contributed by atoms with Gasteiger partial charge in [-0.1, -0.05) is 37.3 Å². The average Bonchev–Trinajstić information content (AvgIpc) is 2.97. The second-order valence-electron chi connectivity index (χ2n) is 7.11. The molecule has 3 unspecified atom stereocenters. The van der Waals surface area contributed by atoms with Gasteiger partial charge in [0.1, 0.15) is 0 Å². The molecule has 1 aromatic carbocycles. The molecule has 0 spiro atoms. The Morgan fingerprint density at radius 2 is 2.08 bits per heavy atom. The second-order valence-corrected chi connectivity index (χ2v) is 7.11. The smallest absolute Gasteiger partial charge is 0.227 e. The van der Waals surface area contributed by atoms with Crippen molar-refractivity contribution in [1.82, 2.24) is 14.7 Å². The minimum atomic E-state index is -0.305. The molecule has 1 aliphatic rings. The Hall–Kier alpha value is -2.18. The molecule has 3 atom stereocenters. The minimum absolute atomic E-state index is 0.0501. The molecule has 6 heteroatoms. The van der Waals surface area contributed by atoms with E-state index in [2.05, 4.69) is 5.10 Å². The van der Waals surface area contributed by atoms with E-state index in [1.807, 2.05) is 66.8 Å². The molecule has 0 radical (unpaired) electrons. The van der Waals surface area contributed by atoms with Gasteiger partial charge in [-0.2, -0.15) is 5.10 Å². The van der Waals surface area contributed by atoms with E-state index < -0.39 is 0 Å². The van der Waals surface area contributed by atoms with Gasteiger partial charge in [-0.15, -0.1) is 0 Å². The van der Waals surface area contributed by atoms with Gasteiger partial charge < -0.3 is 15.4 Å². The summed E-state index contributed by atoms with van der Waals surface area (Å²) in [5, 5.41) is 4.49. The summed E-state index contributed by atoms with van der Waals surface area (Å²) < 4.78 is 7.82. The molecule has 2 aromatic rings. The van der Waals surface area contributed by atoms with Crippen LogP contribution in [0, 0.1) is 19.8 Å². The molecule has 1 fully saturated rings. The number of nitrogens with zero attached hydrogens (tertiary/aromatic N) is 3. The van der Waals surface area contributed by atoms with Crippen LogP contribution < -0.4 is 5.73 Å². The highest BCUT2D eigenvalue weighted by Gasteiger charge is 2.31. The number of carbonyl (C=O) groups excluding carboxylic acids is 1. The number of nitrogens with two attached hydrogens (primary N) is 1. The van der Waals surface area contributed by atoms with E-state index >= 15 is 0 Å². The summed E-state index contributed by atoms with van der Waals surface area (Å²) >= 11 is 0. The van der Waals surface area contributed by atoms with E-state index in [0.717, 1.165) is 17.0 Å². The summed E-state index contributed by atoms with van der Waals surface area (Å²) in [5.41, 5.74) is 9.42. The van der Waals surface area contributed by atoms with Crippen LogP contribution in [0.25, 0.3) is 0 Å². The molecule has 1 amide bonds. The number of ether oxygens (including phenoxy) is 1. The van der Waals surface area contributed by atoms with Crippen LogP contribution in [0.4, 0.5) is 0 Å². The lowest BCUT2D eigenvalue weighted by Gasteiger charge is -2.35. The van der Waals surface area contributed by atoms with Gasteiger partial charge in [0.15, 0.2) is 0 Å². The zero-order valence-corrected chi connectivity index (χ0v) is 15.8. The molecule has 0 bridgehead atoms. The molecule has 140 valence electrons. The lowest BCUT2D eigenvalue weighted by Crippen LogP contribution is -2.50. The van der Waals surface area contributed by atoms with Crippen LogP contribution in [0.2, 0.25) is 0 Å². The molecule has 0 aliphatic carbocycles. The van der Waals surface area contributed by atoms with Crippen molar-refractivity contribution in [3.8, 4) is 0 Å². The Balaban J connectivity index is 1.63. The topological polar surface area (TPSA) is 73.4 Å². The first kappa shape index (κ1) is 18.6. The molecule has 1 aliphatic heterocycles. The monoisotopic (exact) mass is 356 g/mol. The van der Waals surface area contributed by atoms with Gasteiger partial charge in [-0.25, -0.2) is 0 Å². The lowest BCUT2D eigenvalue weighted by atomic mass is 9.94. The van der Waals surface area contributed by atoms with E-state index in [9.17, 15) is 4.79 Å². The van der Waals surface area contributed by atoms with Crippen molar-refractivity contribution in [2.75, 3.05) is 19.7 Å². The second kappa shape index (κ2) is 8.01. The lowest BCUT2D eigenvalue weighted by molar-refractivity contribution is -0.143. The number of aryl methyl sites for hydroxylation is 2. The van der Waals surface area contributed by atoms with Crippen molar-refractivity contribution in [1.29, 1.82) is 0 Å². The summed E-state index contributed by atoms with van der Waals surface area (Å²) in [7, 11) is 0. The van der Waals surface area contributed by atoms with Crippen LogP contribution >= 0.6 is 0 Å². The van der Waals surface area contributed by atoms with Crippen molar-refractivity contribution < 1.29 is 9.53 Å². The molecular formula is C20H28N4O2. The van der Waals surface area contributed by atoms with Crippen molar-refractivity contribution in [2.45, 2.75) is 39.5 Å². The SMILES string of the molecule is Cc1cc(C)n(CC2CN(C(=O)C(C)C(N)c3ccccc3)CCO2)n1. The van der Waals surface area contributed by atoms with E-state index in [1.165, 1.54) is 0 Å². The first-order valence-corrected chi connectivity index (χ1v) is 9.17. The number of hydrogen-bond acceptors (Lipinski definition) is 4. The Bertz CT molecular complexity index is 744. The Kier molecular flexibility index (Phi) is 5.74. The number of morpholine rings is 1. The fourth-order valence-corrected chi connectivity index (χ4v) is 3.49. The number of hydrogen-bond donors (Lipinski definition) is 1. The quantitative estimate of drug-likeness (QED) is 0.890. The van der Waals surface area contributed by atoms with Gasteiger partial charge in [-0.3, -0.25) is 9.48 Å². The van der Waals surface area contributed by atoms with E-state index in [-0.39, 0.29) is 24.0 Å². The van der Waals surface area contributed by atoms with Crippen LogP contribution in [0.1, 0.15) is 29.9 Å². The molecule has 0 saturated carbocycles. The fourth-order valence-electron chi connectivity index (χ4n) is 3.49. The zero-order chi connectivity index (χ0) is 18.7. The van der Waals surface area contributed by atoms with Gasteiger partial charge >= 0.3 is 0 Å². The van der Waals surface area contributed by atoms with Gasteiger partial charge in [0.2, 0.25) is 5.91 Å². The maximum Gasteiger partial charge on any atom is 0.227 e. The molecule has 1 aromatic heterocycles. The average molecular weight is 356 g/mol. The summed E-state index contributed by atoms with van der Waals surface area (Å²) in [4.78, 5) is 14.8. The van der Waals surface area contributed by atoms with Crippen LogP contribution in [0.3, 0.4) is 0 Å². The van der Waals surface area contributed by atoms with Crippen molar-refractivity contribution in [3.63, 3.8) is 0 Å². The summed E-state index contributed by atoms with van der Waals surface area (Å²) in [6.07, 6.45) is -0.0501. The van der Waals surface area contributed by atoms with Crippen LogP contribution in [-0.4, -0.2) is 46.4 Å². The molecule has 2 heterocycles. The van der Waals surface area contributed by atoms with Crippen molar-refractivity contribution >= 4 is 5.91 Å². The first-order valence-electron chi connectivity index (χ1n) is 9.17. The van der Waals surface area contributed by atoms with Gasteiger partial charge in [0.25, 0.3) is 0 Å². The summed E-state index contributed by atoms with van der Waals surface area (Å²) in [6.45, 7) is 8.30. The molecular weight excluding hydrogens is 328 g/mol. The third-order valence-electron chi connectivity index (χ3n) is 5.04. The van der Waals surface area contributed by atoms with E-state index in [4.69, 9.17) is 10.5 Å². The highest BCUT2D eigenvalue weighted by Crippen LogP contribution is 2.22. The number of aromatic nitrogens is 2. The standard InChI is InChI=1S/C20H28N4O2/c1-14-11-15(2)24(22-14)13-18-12-23(9-10-26-18)20(25)16(3)19(21)17-7-5-4-6-8-17/h4-8,11,16,18-19H,9-10,12-13,21H2,1-3H3. The molecule has 26 heavy (non-hydrogen) atoms.